The van der Waals surface area contributed by atoms with Gasteiger partial charge in [-0.1, -0.05) is 54.1 Å². The Balaban J connectivity index is 1.59. The summed E-state index contributed by atoms with van der Waals surface area (Å²) in [6, 6.07) is 17.7. The van der Waals surface area contributed by atoms with Crippen LogP contribution in [0.1, 0.15) is 36.1 Å². The SMILES string of the molecule is O=C([C@H](c1ccccc1)N1CCO[C@@H](c2ccc(Cl)cc2)C1)N1CCCC1. The van der Waals surface area contributed by atoms with Crippen LogP contribution in [0.2, 0.25) is 5.02 Å². The van der Waals surface area contributed by atoms with Crippen LogP contribution in [0, 0.1) is 0 Å². The average molecular weight is 385 g/mol. The number of ether oxygens (including phenoxy) is 1. The molecule has 4 nitrogen and oxygen atoms in total. The van der Waals surface area contributed by atoms with Crippen molar-refractivity contribution < 1.29 is 9.53 Å². The van der Waals surface area contributed by atoms with Gasteiger partial charge in [-0.2, -0.15) is 0 Å². The number of rotatable bonds is 4. The molecule has 5 heteroatoms. The highest BCUT2D eigenvalue weighted by Gasteiger charge is 2.35. The fourth-order valence-electron chi connectivity index (χ4n) is 4.04. The van der Waals surface area contributed by atoms with Gasteiger partial charge in [-0.05, 0) is 36.1 Å². The molecule has 0 unspecified atom stereocenters. The largest absolute Gasteiger partial charge is 0.371 e. The topological polar surface area (TPSA) is 32.8 Å². The van der Waals surface area contributed by atoms with Gasteiger partial charge < -0.3 is 9.64 Å². The third-order valence-corrected chi connectivity index (χ3v) is 5.72. The molecule has 2 saturated heterocycles. The number of morpholine rings is 1. The van der Waals surface area contributed by atoms with Gasteiger partial charge in [0, 0.05) is 31.2 Å². The van der Waals surface area contributed by atoms with E-state index in [4.69, 9.17) is 16.3 Å². The Morgan fingerprint density at radius 2 is 1.70 bits per heavy atom. The van der Waals surface area contributed by atoms with Gasteiger partial charge in [-0.3, -0.25) is 9.69 Å². The number of halogens is 1. The van der Waals surface area contributed by atoms with Crippen molar-refractivity contribution in [2.24, 2.45) is 0 Å². The third-order valence-electron chi connectivity index (χ3n) is 5.47. The number of hydrogen-bond acceptors (Lipinski definition) is 3. The van der Waals surface area contributed by atoms with Crippen LogP contribution < -0.4 is 0 Å². The maximum Gasteiger partial charge on any atom is 0.244 e. The van der Waals surface area contributed by atoms with E-state index in [2.05, 4.69) is 17.0 Å². The molecule has 0 aliphatic carbocycles. The molecule has 142 valence electrons. The average Bonchev–Trinajstić information content (AvgIpc) is 3.25. The van der Waals surface area contributed by atoms with Gasteiger partial charge in [0.1, 0.15) is 6.04 Å². The lowest BCUT2D eigenvalue weighted by molar-refractivity contribution is -0.140. The Kier molecular flexibility index (Phi) is 5.77. The highest BCUT2D eigenvalue weighted by Crippen LogP contribution is 2.31. The van der Waals surface area contributed by atoms with Crippen molar-refractivity contribution in [2.75, 3.05) is 32.8 Å². The molecule has 0 bridgehead atoms. The lowest BCUT2D eigenvalue weighted by atomic mass is 10.0. The van der Waals surface area contributed by atoms with Crippen LogP contribution in [0.3, 0.4) is 0 Å². The van der Waals surface area contributed by atoms with Crippen molar-refractivity contribution in [3.8, 4) is 0 Å². The molecule has 0 aromatic heterocycles. The molecule has 0 saturated carbocycles. The minimum absolute atomic E-state index is 0.0476. The standard InChI is InChI=1S/C22H25ClN2O2/c23-19-10-8-17(9-11-19)20-16-25(14-15-27-20)21(18-6-2-1-3-7-18)22(26)24-12-4-5-13-24/h1-3,6-11,20-21H,4-5,12-16H2/t20-,21+/m1/s1. The molecule has 0 N–H and O–H groups in total. The Bertz CT molecular complexity index is 760. The smallest absolute Gasteiger partial charge is 0.244 e. The van der Waals surface area contributed by atoms with Crippen LogP contribution in [-0.2, 0) is 9.53 Å². The molecule has 2 heterocycles. The normalized spacial score (nSPS) is 22.0. The van der Waals surface area contributed by atoms with E-state index < -0.39 is 0 Å². The van der Waals surface area contributed by atoms with Crippen LogP contribution in [0.25, 0.3) is 0 Å². The number of carbonyl (C=O) groups is 1. The molecular weight excluding hydrogens is 360 g/mol. The van der Waals surface area contributed by atoms with Gasteiger partial charge in [-0.15, -0.1) is 0 Å². The van der Waals surface area contributed by atoms with Gasteiger partial charge >= 0.3 is 0 Å². The molecule has 1 amide bonds. The van der Waals surface area contributed by atoms with Crippen LogP contribution >= 0.6 is 11.6 Å². The second-order valence-electron chi connectivity index (χ2n) is 7.25. The van der Waals surface area contributed by atoms with Crippen LogP contribution in [-0.4, -0.2) is 48.5 Å². The van der Waals surface area contributed by atoms with Crippen molar-refractivity contribution >= 4 is 17.5 Å². The van der Waals surface area contributed by atoms with E-state index in [0.717, 1.165) is 48.6 Å². The lowest BCUT2D eigenvalue weighted by Crippen LogP contribution is -2.47. The lowest BCUT2D eigenvalue weighted by Gasteiger charge is -2.39. The fraction of sp³-hybridized carbons (Fsp3) is 0.409. The summed E-state index contributed by atoms with van der Waals surface area (Å²) in [7, 11) is 0. The number of hydrogen-bond donors (Lipinski definition) is 0. The Morgan fingerprint density at radius 3 is 2.41 bits per heavy atom. The Hall–Kier alpha value is -1.88. The second kappa shape index (κ2) is 8.42. The molecule has 4 rings (SSSR count). The first-order chi connectivity index (χ1) is 13.2. The molecule has 2 aromatic carbocycles. The van der Waals surface area contributed by atoms with E-state index in [1.54, 1.807) is 0 Å². The van der Waals surface area contributed by atoms with E-state index >= 15 is 0 Å². The summed E-state index contributed by atoms with van der Waals surface area (Å²) in [5, 5.41) is 0.720. The highest BCUT2D eigenvalue weighted by molar-refractivity contribution is 6.30. The number of nitrogens with zero attached hydrogens (tertiary/aromatic N) is 2. The summed E-state index contributed by atoms with van der Waals surface area (Å²) in [6.07, 6.45) is 2.15. The van der Waals surface area contributed by atoms with Crippen molar-refractivity contribution in [2.45, 2.75) is 25.0 Å². The maximum absolute atomic E-state index is 13.4. The summed E-state index contributed by atoms with van der Waals surface area (Å²) < 4.78 is 6.02. The second-order valence-corrected chi connectivity index (χ2v) is 7.69. The molecule has 27 heavy (non-hydrogen) atoms. The molecular formula is C22H25ClN2O2. The molecule has 0 spiro atoms. The first-order valence-corrected chi connectivity index (χ1v) is 10.0. The number of carbonyl (C=O) groups excluding carboxylic acids is 1. The Labute approximate surface area is 165 Å². The molecule has 2 fully saturated rings. The molecule has 2 atom stereocenters. The molecule has 2 aliphatic heterocycles. The Morgan fingerprint density at radius 1 is 1.00 bits per heavy atom. The minimum atomic E-state index is -0.247. The van der Waals surface area contributed by atoms with E-state index in [0.29, 0.717) is 13.2 Å². The molecule has 0 radical (unpaired) electrons. The van der Waals surface area contributed by atoms with Crippen LogP contribution in [0.4, 0.5) is 0 Å². The maximum atomic E-state index is 13.4. The predicted octanol–water partition coefficient (Wildman–Crippen LogP) is 4.08. The zero-order valence-corrected chi connectivity index (χ0v) is 16.1. The summed E-state index contributed by atoms with van der Waals surface area (Å²) >= 11 is 6.02. The van der Waals surface area contributed by atoms with E-state index in [-0.39, 0.29) is 18.1 Å². The van der Waals surface area contributed by atoms with E-state index in [1.165, 1.54) is 0 Å². The summed E-state index contributed by atoms with van der Waals surface area (Å²) in [4.78, 5) is 17.7. The number of likely N-dealkylation sites (tertiary alicyclic amines) is 1. The van der Waals surface area contributed by atoms with Gasteiger partial charge in [0.25, 0.3) is 0 Å². The van der Waals surface area contributed by atoms with Gasteiger partial charge in [-0.25, -0.2) is 0 Å². The van der Waals surface area contributed by atoms with Gasteiger partial charge in [0.05, 0.1) is 12.7 Å². The van der Waals surface area contributed by atoms with E-state index in [1.807, 2.05) is 47.4 Å². The van der Waals surface area contributed by atoms with Crippen LogP contribution in [0.15, 0.2) is 54.6 Å². The highest BCUT2D eigenvalue weighted by atomic mass is 35.5. The van der Waals surface area contributed by atoms with Crippen molar-refractivity contribution in [1.82, 2.24) is 9.80 Å². The number of benzene rings is 2. The third kappa shape index (κ3) is 4.18. The van der Waals surface area contributed by atoms with Crippen molar-refractivity contribution in [3.63, 3.8) is 0 Å². The quantitative estimate of drug-likeness (QED) is 0.796. The zero-order chi connectivity index (χ0) is 18.6. The summed E-state index contributed by atoms with van der Waals surface area (Å²) in [5.74, 6) is 0.218. The molecule has 2 aromatic rings. The monoisotopic (exact) mass is 384 g/mol. The van der Waals surface area contributed by atoms with Crippen LogP contribution in [0.5, 0.6) is 0 Å². The van der Waals surface area contributed by atoms with Crippen molar-refractivity contribution in [1.29, 1.82) is 0 Å². The van der Waals surface area contributed by atoms with E-state index in [9.17, 15) is 4.79 Å². The summed E-state index contributed by atoms with van der Waals surface area (Å²) in [6.45, 7) is 3.80. The zero-order valence-electron chi connectivity index (χ0n) is 15.4. The van der Waals surface area contributed by atoms with Gasteiger partial charge in [0.15, 0.2) is 0 Å². The predicted molar refractivity (Wildman–Crippen MR) is 107 cm³/mol. The number of amides is 1. The first-order valence-electron chi connectivity index (χ1n) is 9.67. The summed E-state index contributed by atoms with van der Waals surface area (Å²) in [5.41, 5.74) is 2.16. The minimum Gasteiger partial charge on any atom is -0.371 e. The van der Waals surface area contributed by atoms with Crippen molar-refractivity contribution in [3.05, 3.63) is 70.7 Å². The van der Waals surface area contributed by atoms with Gasteiger partial charge in [0.2, 0.25) is 5.91 Å². The molecule has 2 aliphatic rings. The fourth-order valence-corrected chi connectivity index (χ4v) is 4.16. The first kappa shape index (κ1) is 18.5.